The van der Waals surface area contributed by atoms with Crippen LogP contribution in [-0.2, 0) is 33.7 Å². The van der Waals surface area contributed by atoms with Gasteiger partial charge >= 0.3 is 24.5 Å². The molecule has 0 saturated heterocycles. The first kappa shape index (κ1) is 24.5. The molecule has 0 aliphatic heterocycles. The number of hydrogen-bond donors (Lipinski definition) is 0. The highest BCUT2D eigenvalue weighted by atomic mass is 19.4. The quantitative estimate of drug-likeness (QED) is 0.370. The van der Waals surface area contributed by atoms with Gasteiger partial charge < -0.3 is 4.74 Å². The predicted molar refractivity (Wildman–Crippen MR) is 90.8 cm³/mol. The number of benzene rings is 2. The average Bonchev–Trinajstić information content (AvgIpc) is 2.57. The van der Waals surface area contributed by atoms with Gasteiger partial charge in [-0.1, -0.05) is 11.6 Å². The van der Waals surface area contributed by atoms with Crippen LogP contribution in [0.15, 0.2) is 36.4 Å². The molecule has 0 radical (unpaired) electrons. The predicted octanol–water partition coefficient (Wildman–Crippen LogP) is 6.88. The number of ether oxygens (including phenoxy) is 1. The lowest BCUT2D eigenvalue weighted by Gasteiger charge is -2.32. The third kappa shape index (κ3) is 5.50. The van der Waals surface area contributed by atoms with Gasteiger partial charge in [-0.25, -0.2) is 0 Å². The molecular weight excluding hydrogens is 443 g/mol. The number of rotatable bonds is 3. The zero-order valence-corrected chi connectivity index (χ0v) is 16.2. The van der Waals surface area contributed by atoms with Crippen molar-refractivity contribution >= 4 is 5.97 Å². The topological polar surface area (TPSA) is 26.3 Å². The highest BCUT2D eigenvalue weighted by Crippen LogP contribution is 2.43. The van der Waals surface area contributed by atoms with Crippen molar-refractivity contribution in [3.8, 4) is 0 Å². The Bertz CT molecular complexity index is 955. The molecule has 0 aliphatic rings. The van der Waals surface area contributed by atoms with Crippen LogP contribution in [-0.4, -0.2) is 5.97 Å². The molecule has 2 aromatic rings. The summed E-state index contributed by atoms with van der Waals surface area (Å²) in [5.74, 6) is -1.12. The van der Waals surface area contributed by atoms with Crippen molar-refractivity contribution in [3.63, 3.8) is 0 Å². The molecule has 0 spiro atoms. The summed E-state index contributed by atoms with van der Waals surface area (Å²) in [6.07, 6.45) is -15.3. The van der Waals surface area contributed by atoms with E-state index in [-0.39, 0.29) is 11.6 Å². The second-order valence-corrected chi connectivity index (χ2v) is 7.01. The van der Waals surface area contributed by atoms with Gasteiger partial charge in [-0.05, 0) is 44.2 Å². The number of esters is 1. The van der Waals surface area contributed by atoms with Crippen molar-refractivity contribution in [1.82, 2.24) is 0 Å². The van der Waals surface area contributed by atoms with Gasteiger partial charge in [0.2, 0.25) is 0 Å². The summed E-state index contributed by atoms with van der Waals surface area (Å²) in [6, 6.07) is 2.84. The average molecular weight is 458 g/mol. The first-order valence-corrected chi connectivity index (χ1v) is 8.53. The Morgan fingerprint density at radius 2 is 0.935 bits per heavy atom. The summed E-state index contributed by atoms with van der Waals surface area (Å²) in [7, 11) is 0. The van der Waals surface area contributed by atoms with Crippen LogP contribution >= 0.6 is 0 Å². The molecule has 31 heavy (non-hydrogen) atoms. The highest BCUT2D eigenvalue weighted by Gasteiger charge is 2.42. The maximum atomic E-state index is 13.2. The van der Waals surface area contributed by atoms with E-state index >= 15 is 0 Å². The highest BCUT2D eigenvalue weighted by molar-refractivity contribution is 5.67. The van der Waals surface area contributed by atoms with Crippen LogP contribution in [0.1, 0.15) is 47.2 Å². The Labute approximate surface area is 170 Å². The second-order valence-electron chi connectivity index (χ2n) is 7.01. The van der Waals surface area contributed by atoms with Crippen LogP contribution in [0.5, 0.6) is 0 Å². The van der Waals surface area contributed by atoms with Crippen LogP contribution in [0.3, 0.4) is 0 Å². The normalized spacial score (nSPS) is 14.8. The van der Waals surface area contributed by atoms with E-state index in [0.717, 1.165) is 26.0 Å². The van der Waals surface area contributed by atoms with Gasteiger partial charge in [0.05, 0.1) is 16.7 Å². The number of hydrogen-bond acceptors (Lipinski definition) is 2. The molecule has 11 heteroatoms. The SMILES string of the molecule is CC(=O)OC(C)(c1cc(C)cc(C(F)(F)F)c1)c1cc(C(F)(F)F)cc(C(F)(F)F)c1. The fourth-order valence-electron chi connectivity index (χ4n) is 3.02. The molecule has 2 rings (SSSR count). The molecule has 0 saturated carbocycles. The Hall–Kier alpha value is -2.72. The van der Waals surface area contributed by atoms with Crippen LogP contribution in [0.25, 0.3) is 0 Å². The standard InChI is InChI=1S/C20H15F9O2/c1-10-4-12(6-14(5-10)18(21,22)23)17(3,31-11(2)30)13-7-15(19(24,25)26)9-16(8-13)20(27,28)29/h4-9H,1-3H3. The molecule has 2 nitrogen and oxygen atoms in total. The van der Waals surface area contributed by atoms with Gasteiger partial charge in [-0.15, -0.1) is 0 Å². The summed E-state index contributed by atoms with van der Waals surface area (Å²) in [5.41, 5.74) is -8.20. The number of carbonyl (C=O) groups excluding carboxylic acids is 1. The minimum absolute atomic E-state index is 0.00576. The molecule has 170 valence electrons. The fourth-order valence-corrected chi connectivity index (χ4v) is 3.02. The number of carbonyl (C=O) groups is 1. The van der Waals surface area contributed by atoms with Crippen molar-refractivity contribution in [2.75, 3.05) is 0 Å². The molecule has 0 bridgehead atoms. The van der Waals surface area contributed by atoms with Crippen LogP contribution in [0.2, 0.25) is 0 Å². The third-order valence-electron chi connectivity index (χ3n) is 4.44. The molecule has 1 unspecified atom stereocenters. The third-order valence-corrected chi connectivity index (χ3v) is 4.44. The van der Waals surface area contributed by atoms with Crippen molar-refractivity contribution < 1.29 is 49.0 Å². The van der Waals surface area contributed by atoms with Crippen molar-refractivity contribution in [2.45, 2.75) is 44.9 Å². The molecule has 0 aliphatic carbocycles. The molecule has 1 atom stereocenters. The van der Waals surface area contributed by atoms with E-state index in [0.29, 0.717) is 18.2 Å². The maximum absolute atomic E-state index is 13.2. The first-order valence-electron chi connectivity index (χ1n) is 8.53. The maximum Gasteiger partial charge on any atom is 0.416 e. The van der Waals surface area contributed by atoms with E-state index in [1.807, 2.05) is 0 Å². The van der Waals surface area contributed by atoms with E-state index in [1.165, 1.54) is 6.92 Å². The van der Waals surface area contributed by atoms with Gasteiger partial charge in [0, 0.05) is 18.1 Å². The number of alkyl halides is 9. The molecular formula is C20H15F9O2. The number of halogens is 9. The molecule has 0 fully saturated rings. The Balaban J connectivity index is 2.89. The van der Waals surface area contributed by atoms with Crippen LogP contribution in [0, 0.1) is 6.92 Å². The molecule has 0 amide bonds. The Morgan fingerprint density at radius 3 is 1.29 bits per heavy atom. The zero-order valence-electron chi connectivity index (χ0n) is 16.2. The van der Waals surface area contributed by atoms with E-state index in [9.17, 15) is 44.3 Å². The molecule has 0 aromatic heterocycles. The van der Waals surface area contributed by atoms with E-state index in [2.05, 4.69) is 0 Å². The first-order chi connectivity index (χ1) is 13.8. The van der Waals surface area contributed by atoms with Gasteiger partial charge in [0.1, 0.15) is 0 Å². The minimum Gasteiger partial charge on any atom is -0.450 e. The lowest BCUT2D eigenvalue weighted by molar-refractivity contribution is -0.152. The molecule has 0 N–H and O–H groups in total. The largest absolute Gasteiger partial charge is 0.450 e. The van der Waals surface area contributed by atoms with Crippen molar-refractivity contribution in [2.24, 2.45) is 0 Å². The summed E-state index contributed by atoms with van der Waals surface area (Å²) in [4.78, 5) is 11.6. The lowest BCUT2D eigenvalue weighted by Crippen LogP contribution is -2.31. The molecule has 0 heterocycles. The zero-order chi connectivity index (χ0) is 24.0. The lowest BCUT2D eigenvalue weighted by atomic mass is 9.84. The summed E-state index contributed by atoms with van der Waals surface area (Å²) in [5, 5.41) is 0. The van der Waals surface area contributed by atoms with Crippen molar-refractivity contribution in [1.29, 1.82) is 0 Å². The summed E-state index contributed by atoms with van der Waals surface area (Å²) < 4.78 is 124. The Morgan fingerprint density at radius 1 is 0.645 bits per heavy atom. The van der Waals surface area contributed by atoms with Gasteiger partial charge in [0.15, 0.2) is 5.60 Å². The Kier molecular flexibility index (Phi) is 6.14. The fraction of sp³-hybridized carbons (Fsp3) is 0.350. The van der Waals surface area contributed by atoms with Gasteiger partial charge in [0.25, 0.3) is 0 Å². The molecule has 2 aromatic carbocycles. The van der Waals surface area contributed by atoms with E-state index in [4.69, 9.17) is 4.74 Å². The van der Waals surface area contributed by atoms with Gasteiger partial charge in [-0.2, -0.15) is 39.5 Å². The summed E-state index contributed by atoms with van der Waals surface area (Å²) in [6.45, 7) is 3.01. The van der Waals surface area contributed by atoms with E-state index in [1.54, 1.807) is 0 Å². The number of aryl methyl sites for hydroxylation is 1. The minimum atomic E-state index is -5.20. The van der Waals surface area contributed by atoms with Crippen LogP contribution < -0.4 is 0 Å². The smallest absolute Gasteiger partial charge is 0.416 e. The second kappa shape index (κ2) is 7.76. The van der Waals surface area contributed by atoms with E-state index < -0.39 is 57.9 Å². The van der Waals surface area contributed by atoms with Crippen LogP contribution in [0.4, 0.5) is 39.5 Å². The van der Waals surface area contributed by atoms with Crippen molar-refractivity contribution in [3.05, 3.63) is 69.8 Å². The van der Waals surface area contributed by atoms with Gasteiger partial charge in [-0.3, -0.25) is 4.79 Å². The summed E-state index contributed by atoms with van der Waals surface area (Å²) >= 11 is 0. The monoisotopic (exact) mass is 458 g/mol.